The highest BCUT2D eigenvalue weighted by molar-refractivity contribution is 7.89. The normalized spacial score (nSPS) is 15.2. The van der Waals surface area contributed by atoms with Crippen LogP contribution < -0.4 is 10.1 Å². The van der Waals surface area contributed by atoms with Gasteiger partial charge in [0.1, 0.15) is 11.6 Å². The molecule has 150 valence electrons. The Morgan fingerprint density at radius 3 is 2.43 bits per heavy atom. The van der Waals surface area contributed by atoms with Gasteiger partial charge in [-0.2, -0.15) is 4.31 Å². The molecule has 0 unspecified atom stereocenters. The minimum absolute atomic E-state index is 0.0714. The van der Waals surface area contributed by atoms with Crippen molar-refractivity contribution in [3.63, 3.8) is 0 Å². The molecule has 6 nitrogen and oxygen atoms in total. The van der Waals surface area contributed by atoms with Gasteiger partial charge in [-0.25, -0.2) is 12.8 Å². The van der Waals surface area contributed by atoms with Crippen LogP contribution in [0, 0.1) is 5.82 Å². The van der Waals surface area contributed by atoms with Gasteiger partial charge in [-0.1, -0.05) is 18.6 Å². The molecule has 8 heteroatoms. The lowest BCUT2D eigenvalue weighted by Gasteiger charge is -2.26. The van der Waals surface area contributed by atoms with E-state index in [4.69, 9.17) is 4.74 Å². The Morgan fingerprint density at radius 2 is 1.79 bits per heavy atom. The molecule has 2 aromatic rings. The number of benzene rings is 2. The first-order valence-corrected chi connectivity index (χ1v) is 10.6. The molecule has 2 aromatic carbocycles. The highest BCUT2D eigenvalue weighted by atomic mass is 32.2. The second-order valence-corrected chi connectivity index (χ2v) is 8.57. The highest BCUT2D eigenvalue weighted by Crippen LogP contribution is 2.26. The number of halogens is 1. The first kappa shape index (κ1) is 20.3. The van der Waals surface area contributed by atoms with Gasteiger partial charge in [0.05, 0.1) is 17.6 Å². The topological polar surface area (TPSA) is 75.7 Å². The summed E-state index contributed by atoms with van der Waals surface area (Å²) in [6.45, 7) is 1.16. The minimum atomic E-state index is -3.66. The van der Waals surface area contributed by atoms with Crippen LogP contribution in [0.4, 0.5) is 4.39 Å². The molecule has 0 aliphatic carbocycles. The maximum Gasteiger partial charge on any atom is 0.255 e. The van der Waals surface area contributed by atoms with Crippen molar-refractivity contribution in [2.45, 2.75) is 30.7 Å². The Morgan fingerprint density at radius 1 is 1.11 bits per heavy atom. The average molecular weight is 406 g/mol. The first-order chi connectivity index (χ1) is 13.4. The number of sulfonamides is 1. The standard InChI is InChI=1S/C20H23FN2O4S/c1-27-19-10-9-17(28(25,26)23-11-3-2-4-12-23)13-18(19)20(24)22-14-15-5-7-16(21)8-6-15/h5-10,13H,2-4,11-12,14H2,1H3,(H,22,24). The van der Waals surface area contributed by atoms with Crippen molar-refractivity contribution in [2.24, 2.45) is 0 Å². The average Bonchev–Trinajstić information content (AvgIpc) is 2.73. The lowest BCUT2D eigenvalue weighted by atomic mass is 10.1. The van der Waals surface area contributed by atoms with Gasteiger partial charge in [0.2, 0.25) is 10.0 Å². The van der Waals surface area contributed by atoms with E-state index in [0.717, 1.165) is 24.8 Å². The summed E-state index contributed by atoms with van der Waals surface area (Å²) < 4.78 is 45.5. The van der Waals surface area contributed by atoms with E-state index in [1.165, 1.54) is 41.7 Å². The minimum Gasteiger partial charge on any atom is -0.496 e. The summed E-state index contributed by atoms with van der Waals surface area (Å²) in [5, 5.41) is 2.72. The second kappa shape index (κ2) is 8.70. The van der Waals surface area contributed by atoms with Crippen molar-refractivity contribution in [3.8, 4) is 5.75 Å². The number of hydrogen-bond donors (Lipinski definition) is 1. The second-order valence-electron chi connectivity index (χ2n) is 6.64. The number of carbonyl (C=O) groups is 1. The summed E-state index contributed by atoms with van der Waals surface area (Å²) >= 11 is 0. The van der Waals surface area contributed by atoms with Gasteiger partial charge in [0.25, 0.3) is 5.91 Å². The van der Waals surface area contributed by atoms with Crippen LogP contribution in [0.2, 0.25) is 0 Å². The summed E-state index contributed by atoms with van der Waals surface area (Å²) in [4.78, 5) is 12.7. The third kappa shape index (κ3) is 4.51. The molecule has 0 saturated carbocycles. The Balaban J connectivity index is 1.82. The quantitative estimate of drug-likeness (QED) is 0.800. The van der Waals surface area contributed by atoms with E-state index >= 15 is 0 Å². The number of ether oxygens (including phenoxy) is 1. The molecule has 1 aliphatic rings. The van der Waals surface area contributed by atoms with Crippen LogP contribution in [0.5, 0.6) is 5.75 Å². The summed E-state index contributed by atoms with van der Waals surface area (Å²) in [7, 11) is -2.24. The van der Waals surface area contributed by atoms with Crippen molar-refractivity contribution in [2.75, 3.05) is 20.2 Å². The fourth-order valence-corrected chi connectivity index (χ4v) is 4.70. The van der Waals surface area contributed by atoms with E-state index in [-0.39, 0.29) is 28.6 Å². The van der Waals surface area contributed by atoms with E-state index in [1.54, 1.807) is 12.1 Å². The number of piperidine rings is 1. The Hall–Kier alpha value is -2.45. The van der Waals surface area contributed by atoms with E-state index in [0.29, 0.717) is 13.1 Å². The number of rotatable bonds is 6. The molecule has 0 atom stereocenters. The van der Waals surface area contributed by atoms with Crippen LogP contribution in [-0.4, -0.2) is 38.8 Å². The Labute approximate surface area is 164 Å². The van der Waals surface area contributed by atoms with Crippen LogP contribution in [-0.2, 0) is 16.6 Å². The fraction of sp³-hybridized carbons (Fsp3) is 0.350. The Bertz CT molecular complexity index is 939. The molecular formula is C20H23FN2O4S. The van der Waals surface area contributed by atoms with Gasteiger partial charge in [-0.3, -0.25) is 4.79 Å². The van der Waals surface area contributed by atoms with Gasteiger partial charge in [-0.05, 0) is 48.7 Å². The van der Waals surface area contributed by atoms with Gasteiger partial charge in [0.15, 0.2) is 0 Å². The third-order valence-electron chi connectivity index (χ3n) is 4.73. The SMILES string of the molecule is COc1ccc(S(=O)(=O)N2CCCCC2)cc1C(=O)NCc1ccc(F)cc1. The molecule has 1 fully saturated rings. The van der Waals surface area contributed by atoms with E-state index in [9.17, 15) is 17.6 Å². The molecule has 0 aromatic heterocycles. The van der Waals surface area contributed by atoms with Crippen LogP contribution >= 0.6 is 0 Å². The number of methoxy groups -OCH3 is 1. The third-order valence-corrected chi connectivity index (χ3v) is 6.63. The first-order valence-electron chi connectivity index (χ1n) is 9.12. The fourth-order valence-electron chi connectivity index (χ4n) is 3.16. The van der Waals surface area contributed by atoms with Crippen LogP contribution in [0.25, 0.3) is 0 Å². The Kier molecular flexibility index (Phi) is 6.31. The smallest absolute Gasteiger partial charge is 0.255 e. The van der Waals surface area contributed by atoms with Crippen LogP contribution in [0.15, 0.2) is 47.4 Å². The van der Waals surface area contributed by atoms with Gasteiger partial charge >= 0.3 is 0 Å². The summed E-state index contributed by atoms with van der Waals surface area (Å²) in [6, 6.07) is 10.1. The van der Waals surface area contributed by atoms with E-state index in [2.05, 4.69) is 5.32 Å². The summed E-state index contributed by atoms with van der Waals surface area (Å²) in [5.41, 5.74) is 0.869. The molecule has 1 heterocycles. The zero-order chi connectivity index (χ0) is 20.1. The molecular weight excluding hydrogens is 383 g/mol. The van der Waals surface area contributed by atoms with E-state index < -0.39 is 15.9 Å². The lowest BCUT2D eigenvalue weighted by Crippen LogP contribution is -2.35. The molecule has 0 radical (unpaired) electrons. The summed E-state index contributed by atoms with van der Waals surface area (Å²) in [5.74, 6) is -0.529. The number of nitrogens with one attached hydrogen (secondary N) is 1. The molecule has 1 N–H and O–H groups in total. The van der Waals surface area contributed by atoms with Crippen molar-refractivity contribution in [1.82, 2.24) is 9.62 Å². The molecule has 3 rings (SSSR count). The van der Waals surface area contributed by atoms with Crippen molar-refractivity contribution < 1.29 is 22.3 Å². The maximum absolute atomic E-state index is 13.0. The zero-order valence-corrected chi connectivity index (χ0v) is 16.5. The van der Waals surface area contributed by atoms with Crippen molar-refractivity contribution in [3.05, 3.63) is 59.4 Å². The predicted octanol–water partition coefficient (Wildman–Crippen LogP) is 2.94. The number of nitrogens with zero attached hydrogens (tertiary/aromatic N) is 1. The molecule has 0 spiro atoms. The number of hydrogen-bond acceptors (Lipinski definition) is 4. The molecule has 1 aliphatic heterocycles. The number of carbonyl (C=O) groups excluding carboxylic acids is 1. The number of amides is 1. The molecule has 28 heavy (non-hydrogen) atoms. The van der Waals surface area contributed by atoms with Gasteiger partial charge < -0.3 is 10.1 Å². The largest absolute Gasteiger partial charge is 0.496 e. The monoisotopic (exact) mass is 406 g/mol. The van der Waals surface area contributed by atoms with E-state index in [1.807, 2.05) is 0 Å². The van der Waals surface area contributed by atoms with Crippen molar-refractivity contribution >= 4 is 15.9 Å². The molecule has 1 saturated heterocycles. The zero-order valence-electron chi connectivity index (χ0n) is 15.7. The highest BCUT2D eigenvalue weighted by Gasteiger charge is 2.27. The molecule has 0 bridgehead atoms. The predicted molar refractivity (Wildman–Crippen MR) is 103 cm³/mol. The van der Waals surface area contributed by atoms with Crippen LogP contribution in [0.1, 0.15) is 35.2 Å². The summed E-state index contributed by atoms with van der Waals surface area (Å²) in [6.07, 6.45) is 2.69. The van der Waals surface area contributed by atoms with Crippen molar-refractivity contribution in [1.29, 1.82) is 0 Å². The molecule has 1 amide bonds. The maximum atomic E-state index is 13.0. The lowest BCUT2D eigenvalue weighted by molar-refractivity contribution is 0.0947. The van der Waals surface area contributed by atoms with Crippen LogP contribution in [0.3, 0.4) is 0 Å². The van der Waals surface area contributed by atoms with Gasteiger partial charge in [0, 0.05) is 19.6 Å². The van der Waals surface area contributed by atoms with Gasteiger partial charge in [-0.15, -0.1) is 0 Å².